The van der Waals surface area contributed by atoms with Crippen molar-refractivity contribution >= 4 is 5.82 Å². The number of nitrogens with two attached hydrogens (primary N) is 1. The van der Waals surface area contributed by atoms with Gasteiger partial charge in [-0.2, -0.15) is 18.3 Å². The molecule has 0 aliphatic heterocycles. The van der Waals surface area contributed by atoms with Gasteiger partial charge in [0.25, 0.3) is 0 Å². The van der Waals surface area contributed by atoms with Crippen molar-refractivity contribution in [3.05, 3.63) is 29.3 Å². The van der Waals surface area contributed by atoms with Crippen LogP contribution in [-0.4, -0.2) is 19.7 Å². The van der Waals surface area contributed by atoms with Gasteiger partial charge < -0.3 is 5.73 Å². The fourth-order valence-electron chi connectivity index (χ4n) is 1.72. The molecule has 2 aromatic rings. The normalized spacial score (nSPS) is 11.8. The third kappa shape index (κ3) is 2.73. The third-order valence-electron chi connectivity index (χ3n) is 2.77. The van der Waals surface area contributed by atoms with E-state index in [-0.39, 0.29) is 11.6 Å². The molecule has 0 aliphatic carbocycles. The molecular formula is C12H14F3N5. The summed E-state index contributed by atoms with van der Waals surface area (Å²) in [4.78, 5) is 8.34. The summed E-state index contributed by atoms with van der Waals surface area (Å²) in [7, 11) is 0. The molecule has 0 atom stereocenters. The van der Waals surface area contributed by atoms with Crippen LogP contribution in [0, 0.1) is 6.92 Å². The van der Waals surface area contributed by atoms with Gasteiger partial charge in [0.05, 0.1) is 0 Å². The Morgan fingerprint density at radius 2 is 2.00 bits per heavy atom. The van der Waals surface area contributed by atoms with Crippen LogP contribution in [0.25, 0.3) is 5.82 Å². The second kappa shape index (κ2) is 5.10. The molecule has 2 N–H and O–H groups in total. The lowest BCUT2D eigenvalue weighted by Crippen LogP contribution is -2.12. The summed E-state index contributed by atoms with van der Waals surface area (Å²) in [5.74, 6) is 1.02. The van der Waals surface area contributed by atoms with Gasteiger partial charge in [-0.25, -0.2) is 14.6 Å². The van der Waals surface area contributed by atoms with Gasteiger partial charge in [0.15, 0.2) is 11.5 Å². The van der Waals surface area contributed by atoms with Crippen LogP contribution in [0.2, 0.25) is 0 Å². The maximum atomic E-state index is 12.6. The number of nitrogens with zero attached hydrogens (tertiary/aromatic N) is 4. The molecule has 0 amide bonds. The first kappa shape index (κ1) is 14.3. The zero-order valence-electron chi connectivity index (χ0n) is 11.1. The first-order valence-corrected chi connectivity index (χ1v) is 6.09. The fourth-order valence-corrected chi connectivity index (χ4v) is 1.72. The van der Waals surface area contributed by atoms with Gasteiger partial charge in [-0.1, -0.05) is 6.92 Å². The van der Waals surface area contributed by atoms with Gasteiger partial charge in [0.1, 0.15) is 11.6 Å². The van der Waals surface area contributed by atoms with E-state index in [1.807, 2.05) is 6.92 Å². The molecule has 8 heteroatoms. The third-order valence-corrected chi connectivity index (χ3v) is 2.77. The van der Waals surface area contributed by atoms with E-state index in [0.717, 1.165) is 17.2 Å². The molecule has 20 heavy (non-hydrogen) atoms. The molecule has 0 spiro atoms. The monoisotopic (exact) mass is 285 g/mol. The zero-order valence-corrected chi connectivity index (χ0v) is 11.1. The lowest BCUT2D eigenvalue weighted by Gasteiger charge is -2.09. The molecule has 0 fully saturated rings. The molecule has 0 saturated heterocycles. The van der Waals surface area contributed by atoms with Gasteiger partial charge in [-0.3, -0.25) is 0 Å². The minimum Gasteiger partial charge on any atom is -0.383 e. The van der Waals surface area contributed by atoms with Crippen molar-refractivity contribution in [2.75, 3.05) is 5.73 Å². The highest BCUT2D eigenvalue weighted by atomic mass is 19.4. The van der Waals surface area contributed by atoms with E-state index in [4.69, 9.17) is 5.73 Å². The topological polar surface area (TPSA) is 69.6 Å². The maximum absolute atomic E-state index is 12.6. The fraction of sp³-hybridized carbons (Fsp3) is 0.417. The van der Waals surface area contributed by atoms with Crippen LogP contribution in [-0.2, 0) is 12.6 Å². The number of hydrogen-bond acceptors (Lipinski definition) is 4. The second-order valence-electron chi connectivity index (χ2n) is 4.37. The number of alkyl halides is 3. The Bertz CT molecular complexity index is 618. The SMILES string of the molecule is CCCc1nc(N)c(C)c(-n2ccc(C(F)(F)F)n2)n1. The van der Waals surface area contributed by atoms with E-state index < -0.39 is 11.9 Å². The molecule has 0 unspecified atom stereocenters. The van der Waals surface area contributed by atoms with Gasteiger partial charge in [0, 0.05) is 18.2 Å². The Kier molecular flexibility index (Phi) is 3.65. The average molecular weight is 285 g/mol. The Balaban J connectivity index is 2.49. The molecule has 0 aromatic carbocycles. The Morgan fingerprint density at radius 3 is 2.55 bits per heavy atom. The largest absolute Gasteiger partial charge is 0.435 e. The molecule has 0 saturated carbocycles. The molecule has 2 aromatic heterocycles. The number of rotatable bonds is 3. The van der Waals surface area contributed by atoms with Gasteiger partial charge in [-0.15, -0.1) is 0 Å². The van der Waals surface area contributed by atoms with Gasteiger partial charge in [0.2, 0.25) is 0 Å². The first-order valence-electron chi connectivity index (χ1n) is 6.09. The number of aromatic nitrogens is 4. The summed E-state index contributed by atoms with van der Waals surface area (Å²) in [6, 6.07) is 0.900. The molecule has 108 valence electrons. The molecule has 0 radical (unpaired) electrons. The Labute approximate surface area is 113 Å². The van der Waals surface area contributed by atoms with E-state index in [1.54, 1.807) is 6.92 Å². The molecule has 0 bridgehead atoms. The van der Waals surface area contributed by atoms with Crippen LogP contribution in [0.3, 0.4) is 0 Å². The summed E-state index contributed by atoms with van der Waals surface area (Å²) in [6.45, 7) is 3.60. The standard InChI is InChI=1S/C12H14F3N5/c1-3-4-9-17-10(16)7(2)11(18-9)20-6-5-8(19-20)12(13,14)15/h5-6H,3-4H2,1-2H3,(H2,16,17,18). The minimum atomic E-state index is -4.48. The zero-order chi connectivity index (χ0) is 14.9. The van der Waals surface area contributed by atoms with E-state index in [9.17, 15) is 13.2 Å². The summed E-state index contributed by atoms with van der Waals surface area (Å²) in [5.41, 5.74) is 5.30. The van der Waals surface area contributed by atoms with Crippen LogP contribution in [0.4, 0.5) is 19.0 Å². The molecular weight excluding hydrogens is 271 g/mol. The highest BCUT2D eigenvalue weighted by Crippen LogP contribution is 2.28. The van der Waals surface area contributed by atoms with E-state index in [1.165, 1.54) is 6.20 Å². The van der Waals surface area contributed by atoms with E-state index in [2.05, 4.69) is 15.1 Å². The van der Waals surface area contributed by atoms with Gasteiger partial charge in [-0.05, 0) is 19.4 Å². The molecule has 2 rings (SSSR count). The lowest BCUT2D eigenvalue weighted by molar-refractivity contribution is -0.141. The second-order valence-corrected chi connectivity index (χ2v) is 4.37. The lowest BCUT2D eigenvalue weighted by atomic mass is 10.2. The highest BCUT2D eigenvalue weighted by molar-refractivity contribution is 5.48. The summed E-state index contributed by atoms with van der Waals surface area (Å²) < 4.78 is 38.8. The van der Waals surface area contributed by atoms with Crippen molar-refractivity contribution in [1.29, 1.82) is 0 Å². The van der Waals surface area contributed by atoms with Crippen molar-refractivity contribution in [3.63, 3.8) is 0 Å². The smallest absolute Gasteiger partial charge is 0.383 e. The number of nitrogen functional groups attached to an aromatic ring is 1. The first-order chi connectivity index (χ1) is 9.32. The number of aryl methyl sites for hydroxylation is 1. The van der Waals surface area contributed by atoms with Crippen LogP contribution in [0.1, 0.15) is 30.4 Å². The van der Waals surface area contributed by atoms with Crippen molar-refractivity contribution in [3.8, 4) is 5.82 Å². The van der Waals surface area contributed by atoms with Crippen LogP contribution in [0.5, 0.6) is 0 Å². The van der Waals surface area contributed by atoms with Crippen LogP contribution in [0.15, 0.2) is 12.3 Å². The van der Waals surface area contributed by atoms with E-state index >= 15 is 0 Å². The summed E-state index contributed by atoms with van der Waals surface area (Å²) in [5, 5.41) is 3.50. The Morgan fingerprint density at radius 1 is 1.30 bits per heavy atom. The van der Waals surface area contributed by atoms with Crippen LogP contribution < -0.4 is 5.73 Å². The predicted molar refractivity (Wildman–Crippen MR) is 67.3 cm³/mol. The quantitative estimate of drug-likeness (QED) is 0.940. The highest BCUT2D eigenvalue weighted by Gasteiger charge is 2.33. The Hall–Kier alpha value is -2.12. The van der Waals surface area contributed by atoms with Crippen molar-refractivity contribution < 1.29 is 13.2 Å². The predicted octanol–water partition coefficient (Wildman–Crippen LogP) is 2.52. The number of halogens is 3. The number of hydrogen-bond donors (Lipinski definition) is 1. The van der Waals surface area contributed by atoms with Crippen molar-refractivity contribution in [2.45, 2.75) is 32.9 Å². The maximum Gasteiger partial charge on any atom is 0.435 e. The van der Waals surface area contributed by atoms with Gasteiger partial charge >= 0.3 is 6.18 Å². The summed E-state index contributed by atoms with van der Waals surface area (Å²) >= 11 is 0. The average Bonchev–Trinajstić information content (AvgIpc) is 2.83. The van der Waals surface area contributed by atoms with Crippen LogP contribution >= 0.6 is 0 Å². The molecule has 5 nitrogen and oxygen atoms in total. The van der Waals surface area contributed by atoms with Crippen molar-refractivity contribution in [2.24, 2.45) is 0 Å². The van der Waals surface area contributed by atoms with Crippen molar-refractivity contribution in [1.82, 2.24) is 19.7 Å². The van der Waals surface area contributed by atoms with E-state index in [0.29, 0.717) is 17.8 Å². The summed E-state index contributed by atoms with van der Waals surface area (Å²) in [6.07, 6.45) is -1.85. The molecule has 0 aliphatic rings. The minimum absolute atomic E-state index is 0.252. The number of anilines is 1. The molecule has 2 heterocycles.